The second-order valence-corrected chi connectivity index (χ2v) is 8.10. The van der Waals surface area contributed by atoms with Crippen molar-refractivity contribution in [2.75, 3.05) is 10.0 Å². The molecule has 138 valence electrons. The fourth-order valence-electron chi connectivity index (χ4n) is 2.32. The van der Waals surface area contributed by atoms with Gasteiger partial charge < -0.3 is 5.32 Å². The second kappa shape index (κ2) is 8.00. The Labute approximate surface area is 167 Å². The summed E-state index contributed by atoms with van der Waals surface area (Å²) in [6.07, 6.45) is 0. The first kappa shape index (κ1) is 19.2. The van der Waals surface area contributed by atoms with E-state index in [1.54, 1.807) is 48.5 Å². The van der Waals surface area contributed by atoms with E-state index in [4.69, 9.17) is 23.2 Å². The van der Waals surface area contributed by atoms with Crippen molar-refractivity contribution in [1.82, 2.24) is 0 Å². The normalized spacial score (nSPS) is 11.0. The van der Waals surface area contributed by atoms with Crippen LogP contribution in [-0.4, -0.2) is 14.3 Å². The lowest BCUT2D eigenvalue weighted by Crippen LogP contribution is -2.15. The van der Waals surface area contributed by atoms with Gasteiger partial charge in [0.15, 0.2) is 0 Å². The Balaban J connectivity index is 1.82. The molecule has 2 N–H and O–H groups in total. The van der Waals surface area contributed by atoms with Crippen molar-refractivity contribution in [1.29, 1.82) is 0 Å². The molecule has 0 atom stereocenters. The van der Waals surface area contributed by atoms with Crippen LogP contribution >= 0.6 is 23.2 Å². The molecule has 3 aromatic carbocycles. The van der Waals surface area contributed by atoms with Crippen molar-refractivity contribution in [2.45, 2.75) is 4.90 Å². The number of sulfonamides is 1. The predicted molar refractivity (Wildman–Crippen MR) is 108 cm³/mol. The van der Waals surface area contributed by atoms with Crippen molar-refractivity contribution in [3.63, 3.8) is 0 Å². The summed E-state index contributed by atoms with van der Waals surface area (Å²) in [6.45, 7) is 0. The van der Waals surface area contributed by atoms with Gasteiger partial charge in [-0.25, -0.2) is 8.42 Å². The standard InChI is InChI=1S/C19H14Cl2N2O3S/c20-14-6-3-5-13(11-14)19(24)22-15-7-4-8-16(12-15)27(25,26)23-18-10-2-1-9-17(18)21/h1-12,23H,(H,22,24). The van der Waals surface area contributed by atoms with E-state index in [9.17, 15) is 13.2 Å². The van der Waals surface area contributed by atoms with Crippen LogP contribution in [0.2, 0.25) is 10.0 Å². The Bertz CT molecular complexity index is 1100. The lowest BCUT2D eigenvalue weighted by atomic mass is 10.2. The largest absolute Gasteiger partial charge is 0.322 e. The van der Waals surface area contributed by atoms with Crippen LogP contribution in [0.4, 0.5) is 11.4 Å². The van der Waals surface area contributed by atoms with Crippen molar-refractivity contribution in [3.8, 4) is 0 Å². The maximum Gasteiger partial charge on any atom is 0.262 e. The number of hydrogen-bond donors (Lipinski definition) is 2. The third kappa shape index (κ3) is 4.80. The van der Waals surface area contributed by atoms with Crippen LogP contribution in [0.3, 0.4) is 0 Å². The summed E-state index contributed by atoms with van der Waals surface area (Å²) >= 11 is 11.9. The van der Waals surface area contributed by atoms with Gasteiger partial charge in [0.05, 0.1) is 15.6 Å². The van der Waals surface area contributed by atoms with E-state index >= 15 is 0 Å². The van der Waals surface area contributed by atoms with E-state index < -0.39 is 15.9 Å². The number of amides is 1. The fourth-order valence-corrected chi connectivity index (χ4v) is 3.88. The summed E-state index contributed by atoms with van der Waals surface area (Å²) in [5, 5.41) is 3.37. The fraction of sp³-hybridized carbons (Fsp3) is 0. The minimum absolute atomic E-state index is 0.00804. The summed E-state index contributed by atoms with van der Waals surface area (Å²) in [5.74, 6) is -0.397. The quantitative estimate of drug-likeness (QED) is 0.606. The maximum atomic E-state index is 12.6. The number of carbonyl (C=O) groups is 1. The van der Waals surface area contributed by atoms with Crippen LogP contribution in [0.1, 0.15) is 10.4 Å². The maximum absolute atomic E-state index is 12.6. The Morgan fingerprint density at radius 2 is 1.59 bits per heavy atom. The Morgan fingerprint density at radius 1 is 0.852 bits per heavy atom. The average molecular weight is 421 g/mol. The molecule has 0 saturated carbocycles. The summed E-state index contributed by atoms with van der Waals surface area (Å²) < 4.78 is 27.6. The molecule has 5 nitrogen and oxygen atoms in total. The monoisotopic (exact) mass is 420 g/mol. The molecule has 8 heteroatoms. The topological polar surface area (TPSA) is 75.3 Å². The van der Waals surface area contributed by atoms with Crippen LogP contribution in [0.15, 0.2) is 77.7 Å². The van der Waals surface area contributed by atoms with Crippen molar-refractivity contribution >= 4 is 50.5 Å². The van der Waals surface area contributed by atoms with Gasteiger partial charge in [-0.05, 0) is 48.5 Å². The number of halogens is 2. The lowest BCUT2D eigenvalue weighted by molar-refractivity contribution is 0.102. The van der Waals surface area contributed by atoms with Crippen LogP contribution in [0.25, 0.3) is 0 Å². The molecule has 27 heavy (non-hydrogen) atoms. The zero-order valence-electron chi connectivity index (χ0n) is 13.8. The Morgan fingerprint density at radius 3 is 2.33 bits per heavy atom. The molecule has 3 aromatic rings. The molecule has 0 bridgehead atoms. The van der Waals surface area contributed by atoms with Gasteiger partial charge in [0, 0.05) is 16.3 Å². The van der Waals surface area contributed by atoms with Gasteiger partial charge in [0.2, 0.25) is 0 Å². The molecule has 0 unspecified atom stereocenters. The van der Waals surface area contributed by atoms with Gasteiger partial charge in [-0.15, -0.1) is 0 Å². The number of benzene rings is 3. The van der Waals surface area contributed by atoms with Crippen LogP contribution < -0.4 is 10.0 Å². The van der Waals surface area contributed by atoms with Crippen LogP contribution in [-0.2, 0) is 10.0 Å². The predicted octanol–water partition coefficient (Wildman–Crippen LogP) is 5.05. The van der Waals surface area contributed by atoms with E-state index in [1.807, 2.05) is 0 Å². The van der Waals surface area contributed by atoms with Crippen LogP contribution in [0.5, 0.6) is 0 Å². The number of hydrogen-bond acceptors (Lipinski definition) is 3. The zero-order valence-corrected chi connectivity index (χ0v) is 16.1. The first-order chi connectivity index (χ1) is 12.8. The molecule has 0 aromatic heterocycles. The first-order valence-corrected chi connectivity index (χ1v) is 10.0. The highest BCUT2D eigenvalue weighted by atomic mass is 35.5. The van der Waals surface area contributed by atoms with Crippen molar-refractivity contribution in [3.05, 3.63) is 88.4 Å². The molecule has 0 fully saturated rings. The highest BCUT2D eigenvalue weighted by Crippen LogP contribution is 2.25. The van der Waals surface area contributed by atoms with E-state index in [1.165, 1.54) is 24.3 Å². The summed E-state index contributed by atoms with van der Waals surface area (Å²) in [7, 11) is -3.87. The number of nitrogens with one attached hydrogen (secondary N) is 2. The molecule has 0 spiro atoms. The van der Waals surface area contributed by atoms with Gasteiger partial charge in [0.25, 0.3) is 15.9 Å². The Hall–Kier alpha value is -2.54. The molecule has 0 heterocycles. The minimum atomic E-state index is -3.87. The van der Waals surface area contributed by atoms with Crippen LogP contribution in [0, 0.1) is 0 Å². The molecule has 3 rings (SSSR count). The average Bonchev–Trinajstić information content (AvgIpc) is 2.64. The summed E-state index contributed by atoms with van der Waals surface area (Å²) in [4.78, 5) is 12.3. The Kier molecular flexibility index (Phi) is 5.70. The molecular formula is C19H14Cl2N2O3S. The van der Waals surface area contributed by atoms with E-state index in [0.29, 0.717) is 16.3 Å². The van der Waals surface area contributed by atoms with E-state index in [2.05, 4.69) is 10.0 Å². The molecular weight excluding hydrogens is 407 g/mol. The van der Waals surface area contributed by atoms with Gasteiger partial charge in [0.1, 0.15) is 0 Å². The third-order valence-electron chi connectivity index (χ3n) is 3.61. The number of carbonyl (C=O) groups excluding carboxylic acids is 1. The number of anilines is 2. The summed E-state index contributed by atoms with van der Waals surface area (Å²) in [5.41, 5.74) is 0.972. The SMILES string of the molecule is O=C(Nc1cccc(S(=O)(=O)Nc2ccccc2Cl)c1)c1cccc(Cl)c1. The summed E-state index contributed by atoms with van der Waals surface area (Å²) in [6, 6.07) is 18.9. The van der Waals surface area contributed by atoms with Gasteiger partial charge >= 0.3 is 0 Å². The second-order valence-electron chi connectivity index (χ2n) is 5.58. The highest BCUT2D eigenvalue weighted by Gasteiger charge is 2.17. The zero-order chi connectivity index (χ0) is 19.4. The molecule has 1 amide bonds. The number of rotatable bonds is 5. The van der Waals surface area contributed by atoms with Crippen molar-refractivity contribution in [2.24, 2.45) is 0 Å². The third-order valence-corrected chi connectivity index (χ3v) is 5.54. The highest BCUT2D eigenvalue weighted by molar-refractivity contribution is 7.92. The molecule has 0 radical (unpaired) electrons. The minimum Gasteiger partial charge on any atom is -0.322 e. The molecule has 0 saturated heterocycles. The van der Waals surface area contributed by atoms with Gasteiger partial charge in [-0.1, -0.05) is 47.5 Å². The smallest absolute Gasteiger partial charge is 0.262 e. The van der Waals surface area contributed by atoms with E-state index in [0.717, 1.165) is 0 Å². The van der Waals surface area contributed by atoms with Crippen molar-refractivity contribution < 1.29 is 13.2 Å². The molecule has 0 aliphatic carbocycles. The van der Waals surface area contributed by atoms with E-state index in [-0.39, 0.29) is 15.6 Å². The van der Waals surface area contributed by atoms with Gasteiger partial charge in [-0.3, -0.25) is 9.52 Å². The first-order valence-electron chi connectivity index (χ1n) is 7.79. The number of para-hydroxylation sites is 1. The molecule has 0 aliphatic heterocycles. The lowest BCUT2D eigenvalue weighted by Gasteiger charge is -2.11. The van der Waals surface area contributed by atoms with Gasteiger partial charge in [-0.2, -0.15) is 0 Å². The molecule has 0 aliphatic rings.